The minimum Gasteiger partial charge on any atom is -0.331 e. The fourth-order valence-corrected chi connectivity index (χ4v) is 2.56. The molecule has 0 aliphatic heterocycles. The van der Waals surface area contributed by atoms with E-state index in [0.29, 0.717) is 6.54 Å². The van der Waals surface area contributed by atoms with Crippen LogP contribution in [0.5, 0.6) is 0 Å². The fourth-order valence-electron chi connectivity index (χ4n) is 1.34. The van der Waals surface area contributed by atoms with E-state index >= 15 is 0 Å². The predicted octanol–water partition coefficient (Wildman–Crippen LogP) is 3.24. The second-order valence-electron chi connectivity index (χ2n) is 5.19. The van der Waals surface area contributed by atoms with Gasteiger partial charge in [0.2, 0.25) is 0 Å². The quantitative estimate of drug-likeness (QED) is 0.444. The molecule has 0 saturated carbocycles. The van der Waals surface area contributed by atoms with E-state index in [-0.39, 0.29) is 5.91 Å². The van der Waals surface area contributed by atoms with Crippen LogP contribution in [-0.4, -0.2) is 32.5 Å². The summed E-state index contributed by atoms with van der Waals surface area (Å²) in [6.45, 7) is 7.08. The molecule has 0 radical (unpaired) electrons. The number of amides is 1. The minimum atomic E-state index is -1.35. The summed E-state index contributed by atoms with van der Waals surface area (Å²) in [4.78, 5) is 13.9. The molecule has 1 amide bonds. The van der Waals surface area contributed by atoms with Gasteiger partial charge in [0.05, 0.1) is 12.1 Å². The third kappa shape index (κ3) is 4.82. The van der Waals surface area contributed by atoms with Crippen LogP contribution in [0.4, 0.5) is 0 Å². The molecule has 0 atom stereocenters. The fraction of sp³-hybridized carbons (Fsp3) is 0.357. The van der Waals surface area contributed by atoms with Crippen LogP contribution < -0.4 is 0 Å². The number of benzene rings is 1. The summed E-state index contributed by atoms with van der Waals surface area (Å²) in [6.07, 6.45) is 0. The summed E-state index contributed by atoms with van der Waals surface area (Å²) in [5, 5.41) is 0. The average molecular weight is 371 g/mol. The Morgan fingerprint density at radius 2 is 1.94 bits per heavy atom. The summed E-state index contributed by atoms with van der Waals surface area (Å²) in [6, 6.07) is 7.61. The Hall–Kier alpha value is -0.803. The molecule has 18 heavy (non-hydrogen) atoms. The van der Waals surface area contributed by atoms with Gasteiger partial charge >= 0.3 is 0 Å². The van der Waals surface area contributed by atoms with Gasteiger partial charge < -0.3 is 4.90 Å². The van der Waals surface area contributed by atoms with E-state index in [2.05, 4.69) is 53.7 Å². The van der Waals surface area contributed by atoms with Gasteiger partial charge in [-0.2, -0.15) is 0 Å². The van der Waals surface area contributed by atoms with Gasteiger partial charge in [-0.05, 0) is 34.7 Å². The van der Waals surface area contributed by atoms with Gasteiger partial charge in [0.15, 0.2) is 0 Å². The number of carbonyl (C=O) groups excluding carboxylic acids is 1. The first-order chi connectivity index (χ1) is 8.31. The van der Waals surface area contributed by atoms with E-state index in [9.17, 15) is 4.79 Å². The highest BCUT2D eigenvalue weighted by molar-refractivity contribution is 14.1. The van der Waals surface area contributed by atoms with Crippen molar-refractivity contribution in [2.75, 3.05) is 13.6 Å². The molecule has 0 saturated heterocycles. The van der Waals surface area contributed by atoms with Gasteiger partial charge in [-0.15, -0.1) is 5.54 Å². The molecular formula is C14H18INOSi. The Bertz CT molecular complexity index is 496. The van der Waals surface area contributed by atoms with Crippen LogP contribution in [0.25, 0.3) is 0 Å². The third-order valence-corrected chi connectivity index (χ3v) is 4.10. The Morgan fingerprint density at radius 1 is 1.33 bits per heavy atom. The monoisotopic (exact) mass is 371 g/mol. The Labute approximate surface area is 124 Å². The standard InChI is InChI=1S/C14H18INOSi/c1-16(10-7-11-18(2,3)4)14(17)12-8-5-6-9-13(12)15/h5-6,8-9H,10H2,1-4H3. The molecule has 0 bridgehead atoms. The first-order valence-corrected chi connectivity index (χ1v) is 10.4. The van der Waals surface area contributed by atoms with Crippen LogP contribution in [-0.2, 0) is 0 Å². The van der Waals surface area contributed by atoms with Crippen molar-refractivity contribution < 1.29 is 4.79 Å². The minimum absolute atomic E-state index is 0.0323. The van der Waals surface area contributed by atoms with Crippen molar-refractivity contribution >= 4 is 36.6 Å². The second-order valence-corrected chi connectivity index (χ2v) is 11.1. The van der Waals surface area contributed by atoms with Gasteiger partial charge in [0, 0.05) is 10.6 Å². The topological polar surface area (TPSA) is 20.3 Å². The summed E-state index contributed by atoms with van der Waals surface area (Å²) >= 11 is 2.18. The number of nitrogens with zero attached hydrogens (tertiary/aromatic N) is 1. The van der Waals surface area contributed by atoms with E-state index in [0.717, 1.165) is 9.13 Å². The van der Waals surface area contributed by atoms with E-state index in [1.54, 1.807) is 11.9 Å². The van der Waals surface area contributed by atoms with Crippen molar-refractivity contribution in [1.82, 2.24) is 4.90 Å². The molecule has 2 nitrogen and oxygen atoms in total. The molecule has 1 aromatic rings. The molecule has 1 aromatic carbocycles. The lowest BCUT2D eigenvalue weighted by atomic mass is 10.2. The predicted molar refractivity (Wildman–Crippen MR) is 87.2 cm³/mol. The van der Waals surface area contributed by atoms with Crippen molar-refractivity contribution in [3.05, 3.63) is 33.4 Å². The number of carbonyl (C=O) groups is 1. The molecule has 96 valence electrons. The highest BCUT2D eigenvalue weighted by atomic mass is 127. The maximum atomic E-state index is 12.2. The molecular weight excluding hydrogens is 353 g/mol. The van der Waals surface area contributed by atoms with Gasteiger partial charge in [-0.25, -0.2) is 0 Å². The van der Waals surface area contributed by atoms with E-state index < -0.39 is 8.07 Å². The van der Waals surface area contributed by atoms with Crippen molar-refractivity contribution in [2.45, 2.75) is 19.6 Å². The van der Waals surface area contributed by atoms with Crippen molar-refractivity contribution in [3.63, 3.8) is 0 Å². The molecule has 4 heteroatoms. The molecule has 1 rings (SSSR count). The molecule has 0 N–H and O–H groups in total. The summed E-state index contributed by atoms with van der Waals surface area (Å²) in [5.41, 5.74) is 4.01. The van der Waals surface area contributed by atoms with Crippen LogP contribution >= 0.6 is 22.6 Å². The van der Waals surface area contributed by atoms with Crippen LogP contribution in [0.2, 0.25) is 19.6 Å². The molecule has 0 aliphatic rings. The highest BCUT2D eigenvalue weighted by Crippen LogP contribution is 2.13. The lowest BCUT2D eigenvalue weighted by Gasteiger charge is -2.15. The van der Waals surface area contributed by atoms with E-state index in [1.165, 1.54) is 0 Å². The van der Waals surface area contributed by atoms with Crippen LogP contribution in [0, 0.1) is 15.0 Å². The number of rotatable bonds is 2. The molecule has 0 aliphatic carbocycles. The number of halogens is 1. The number of hydrogen-bond acceptors (Lipinski definition) is 1. The first-order valence-electron chi connectivity index (χ1n) is 5.81. The zero-order valence-electron chi connectivity index (χ0n) is 11.2. The van der Waals surface area contributed by atoms with Gasteiger partial charge in [0.25, 0.3) is 5.91 Å². The van der Waals surface area contributed by atoms with E-state index in [4.69, 9.17) is 0 Å². The lowest BCUT2D eigenvalue weighted by molar-refractivity contribution is 0.0811. The summed E-state index contributed by atoms with van der Waals surface area (Å²) in [5.74, 6) is 3.14. The van der Waals surface area contributed by atoms with Gasteiger partial charge in [0.1, 0.15) is 8.07 Å². The summed E-state index contributed by atoms with van der Waals surface area (Å²) in [7, 11) is 0.446. The molecule has 0 fully saturated rings. The normalized spacial score (nSPS) is 10.5. The molecule has 0 spiro atoms. The largest absolute Gasteiger partial charge is 0.331 e. The molecule has 0 aromatic heterocycles. The maximum absolute atomic E-state index is 12.2. The van der Waals surface area contributed by atoms with Crippen molar-refractivity contribution in [2.24, 2.45) is 0 Å². The zero-order chi connectivity index (χ0) is 13.8. The maximum Gasteiger partial charge on any atom is 0.255 e. The Morgan fingerprint density at radius 3 is 2.50 bits per heavy atom. The third-order valence-electron chi connectivity index (χ3n) is 2.23. The second kappa shape index (κ2) is 6.39. The van der Waals surface area contributed by atoms with Crippen molar-refractivity contribution in [1.29, 1.82) is 0 Å². The van der Waals surface area contributed by atoms with Crippen LogP contribution in [0.1, 0.15) is 10.4 Å². The van der Waals surface area contributed by atoms with Crippen LogP contribution in [0.3, 0.4) is 0 Å². The van der Waals surface area contributed by atoms with Crippen molar-refractivity contribution in [3.8, 4) is 11.5 Å². The lowest BCUT2D eigenvalue weighted by Crippen LogP contribution is -2.28. The Kier molecular flexibility index (Phi) is 5.41. The highest BCUT2D eigenvalue weighted by Gasteiger charge is 2.13. The SMILES string of the molecule is CN(CC#C[Si](C)(C)C)C(=O)c1ccccc1I. The van der Waals surface area contributed by atoms with Gasteiger partial charge in [-0.1, -0.05) is 37.7 Å². The Balaban J connectivity index is 2.73. The molecule has 0 unspecified atom stereocenters. The molecule has 0 heterocycles. The van der Waals surface area contributed by atoms with Crippen LogP contribution in [0.15, 0.2) is 24.3 Å². The zero-order valence-corrected chi connectivity index (χ0v) is 14.4. The average Bonchev–Trinajstić information content (AvgIpc) is 2.27. The van der Waals surface area contributed by atoms with E-state index in [1.807, 2.05) is 24.3 Å². The first kappa shape index (κ1) is 15.3. The van der Waals surface area contributed by atoms with Gasteiger partial charge in [-0.3, -0.25) is 4.79 Å². The number of hydrogen-bond donors (Lipinski definition) is 0. The summed E-state index contributed by atoms with van der Waals surface area (Å²) < 4.78 is 0.977. The smallest absolute Gasteiger partial charge is 0.255 e.